The number of imide groups is 1. The summed E-state index contributed by atoms with van der Waals surface area (Å²) < 4.78 is 0. The number of carbonyl (C=O) groups excluding carboxylic acids is 2. The molecule has 2 bridgehead atoms. The fourth-order valence-corrected chi connectivity index (χ4v) is 3.93. The third-order valence-electron chi connectivity index (χ3n) is 4.75. The average Bonchev–Trinajstić information content (AvgIpc) is 3.16. The molecule has 5 nitrogen and oxygen atoms in total. The molecule has 1 aromatic rings. The van der Waals surface area contributed by atoms with E-state index in [1.807, 2.05) is 12.2 Å². The summed E-state index contributed by atoms with van der Waals surface area (Å²) in [6, 6.07) is 4.52. The van der Waals surface area contributed by atoms with Gasteiger partial charge in [-0.2, -0.15) is 10.1 Å². The summed E-state index contributed by atoms with van der Waals surface area (Å²) in [7, 11) is 0. The zero-order valence-corrected chi connectivity index (χ0v) is 12.3. The number of nitrogens with zero attached hydrogens (tertiary/aromatic N) is 2. The van der Waals surface area contributed by atoms with Gasteiger partial charge in [0.05, 0.1) is 18.1 Å². The summed E-state index contributed by atoms with van der Waals surface area (Å²) in [6.07, 6.45) is 6.26. The molecule has 1 saturated heterocycles. The lowest BCUT2D eigenvalue weighted by Crippen LogP contribution is -2.28. The van der Waals surface area contributed by atoms with Gasteiger partial charge in [0.25, 0.3) is 11.8 Å². The molecule has 2 fully saturated rings. The summed E-state index contributed by atoms with van der Waals surface area (Å²) in [5.74, 6) is -0.721. The van der Waals surface area contributed by atoms with E-state index in [1.165, 1.54) is 18.3 Å². The standard InChI is InChI=1S/C16H13ClN2O3/c17-11-3-4-12(20)10(6-11)7-18-19-15(21)13-8-1-2-9(5-8)14(13)16(19)22/h1-4,6-9,13-14,20H,5H2/b18-7+. The number of rotatable bonds is 2. The fourth-order valence-electron chi connectivity index (χ4n) is 3.75. The highest BCUT2D eigenvalue weighted by Crippen LogP contribution is 2.52. The highest BCUT2D eigenvalue weighted by molar-refractivity contribution is 6.30. The Morgan fingerprint density at radius 3 is 2.45 bits per heavy atom. The minimum absolute atomic E-state index is 0.00539. The molecule has 2 aliphatic carbocycles. The van der Waals surface area contributed by atoms with Gasteiger partial charge >= 0.3 is 0 Å². The maximum Gasteiger partial charge on any atom is 0.254 e. The maximum atomic E-state index is 12.4. The Hall–Kier alpha value is -2.14. The van der Waals surface area contributed by atoms with Crippen LogP contribution in [0.5, 0.6) is 5.75 Å². The number of halogens is 1. The Morgan fingerprint density at radius 1 is 1.18 bits per heavy atom. The molecule has 1 heterocycles. The van der Waals surface area contributed by atoms with E-state index in [0.29, 0.717) is 10.6 Å². The van der Waals surface area contributed by atoms with Gasteiger partial charge < -0.3 is 5.11 Å². The van der Waals surface area contributed by atoms with E-state index in [2.05, 4.69) is 5.10 Å². The van der Waals surface area contributed by atoms with Crippen LogP contribution in [0, 0.1) is 23.7 Å². The molecule has 22 heavy (non-hydrogen) atoms. The molecule has 6 heteroatoms. The zero-order valence-electron chi connectivity index (χ0n) is 11.5. The van der Waals surface area contributed by atoms with Crippen molar-refractivity contribution in [2.24, 2.45) is 28.8 Å². The van der Waals surface area contributed by atoms with Crippen molar-refractivity contribution in [3.8, 4) is 5.75 Å². The Kier molecular flexibility index (Phi) is 2.87. The van der Waals surface area contributed by atoms with Gasteiger partial charge in [-0.1, -0.05) is 23.8 Å². The Labute approximate surface area is 131 Å². The van der Waals surface area contributed by atoms with Crippen molar-refractivity contribution < 1.29 is 14.7 Å². The predicted molar refractivity (Wildman–Crippen MR) is 80.3 cm³/mol. The second-order valence-electron chi connectivity index (χ2n) is 5.94. The molecular weight excluding hydrogens is 304 g/mol. The van der Waals surface area contributed by atoms with Gasteiger partial charge in [0.15, 0.2) is 0 Å². The van der Waals surface area contributed by atoms with Gasteiger partial charge in [0.2, 0.25) is 0 Å². The van der Waals surface area contributed by atoms with Crippen molar-refractivity contribution in [1.82, 2.24) is 5.01 Å². The lowest BCUT2D eigenvalue weighted by molar-refractivity contribution is -0.140. The first-order valence-corrected chi connectivity index (χ1v) is 7.52. The van der Waals surface area contributed by atoms with Crippen molar-refractivity contribution in [2.75, 3.05) is 0 Å². The molecule has 0 radical (unpaired) electrons. The number of carbonyl (C=O) groups is 2. The first kappa shape index (κ1) is 13.5. The SMILES string of the molecule is O=C1C2C3C=CC(C3)C2C(=O)N1/N=C/c1cc(Cl)ccc1O. The van der Waals surface area contributed by atoms with Gasteiger partial charge in [-0.3, -0.25) is 9.59 Å². The smallest absolute Gasteiger partial charge is 0.254 e. The van der Waals surface area contributed by atoms with Crippen molar-refractivity contribution in [2.45, 2.75) is 6.42 Å². The monoisotopic (exact) mass is 316 g/mol. The molecule has 4 unspecified atom stereocenters. The Balaban J connectivity index is 1.62. The molecule has 4 atom stereocenters. The average molecular weight is 317 g/mol. The van der Waals surface area contributed by atoms with E-state index >= 15 is 0 Å². The van der Waals surface area contributed by atoms with E-state index < -0.39 is 0 Å². The summed E-state index contributed by atoms with van der Waals surface area (Å²) >= 11 is 5.87. The van der Waals surface area contributed by atoms with Crippen molar-refractivity contribution in [3.63, 3.8) is 0 Å². The molecule has 1 aliphatic heterocycles. The second kappa shape index (κ2) is 4.68. The molecule has 0 aromatic heterocycles. The largest absolute Gasteiger partial charge is 0.507 e. The minimum atomic E-state index is -0.271. The molecule has 1 N–H and O–H groups in total. The predicted octanol–water partition coefficient (Wildman–Crippen LogP) is 2.19. The maximum absolute atomic E-state index is 12.4. The van der Waals surface area contributed by atoms with E-state index in [4.69, 9.17) is 11.6 Å². The third kappa shape index (κ3) is 1.82. The number of aromatic hydroxyl groups is 1. The van der Waals surface area contributed by atoms with Crippen molar-refractivity contribution in [1.29, 1.82) is 0 Å². The van der Waals surface area contributed by atoms with Crippen LogP contribution in [0.15, 0.2) is 35.5 Å². The van der Waals surface area contributed by atoms with E-state index in [-0.39, 0.29) is 41.2 Å². The molecule has 1 saturated carbocycles. The summed E-state index contributed by atoms with van der Waals surface area (Å²) in [6.45, 7) is 0. The third-order valence-corrected chi connectivity index (χ3v) is 4.98. The quantitative estimate of drug-likeness (QED) is 0.516. The Morgan fingerprint density at radius 2 is 1.82 bits per heavy atom. The second-order valence-corrected chi connectivity index (χ2v) is 6.37. The molecule has 112 valence electrons. The number of hydrogen-bond acceptors (Lipinski definition) is 4. The number of benzene rings is 1. The molecule has 4 rings (SSSR count). The van der Waals surface area contributed by atoms with Gasteiger partial charge in [0, 0.05) is 10.6 Å². The lowest BCUT2D eigenvalue weighted by atomic mass is 9.85. The molecule has 3 aliphatic rings. The zero-order chi connectivity index (χ0) is 15.4. The van der Waals surface area contributed by atoms with Crippen molar-refractivity contribution in [3.05, 3.63) is 40.9 Å². The van der Waals surface area contributed by atoms with Crippen LogP contribution in [0.2, 0.25) is 5.02 Å². The minimum Gasteiger partial charge on any atom is -0.507 e. The number of amides is 2. The van der Waals surface area contributed by atoms with E-state index in [9.17, 15) is 14.7 Å². The van der Waals surface area contributed by atoms with Crippen LogP contribution in [-0.2, 0) is 9.59 Å². The van der Waals surface area contributed by atoms with Gasteiger partial charge in [-0.25, -0.2) is 0 Å². The molecule has 0 spiro atoms. The molecule has 2 amide bonds. The first-order valence-electron chi connectivity index (χ1n) is 7.15. The number of allylic oxidation sites excluding steroid dienone is 2. The normalized spacial score (nSPS) is 32.5. The number of phenolic OH excluding ortho intramolecular Hbond substituents is 1. The summed E-state index contributed by atoms with van der Waals surface area (Å²) in [5.41, 5.74) is 0.367. The Bertz CT molecular complexity index is 713. The lowest BCUT2D eigenvalue weighted by Gasteiger charge is -2.13. The summed E-state index contributed by atoms with van der Waals surface area (Å²) in [4.78, 5) is 24.9. The van der Waals surface area contributed by atoms with Gasteiger partial charge in [-0.05, 0) is 36.5 Å². The summed E-state index contributed by atoms with van der Waals surface area (Å²) in [5, 5.41) is 15.1. The van der Waals surface area contributed by atoms with Gasteiger partial charge in [-0.15, -0.1) is 0 Å². The van der Waals surface area contributed by atoms with Crippen LogP contribution in [0.25, 0.3) is 0 Å². The highest BCUT2D eigenvalue weighted by Gasteiger charge is 2.59. The van der Waals surface area contributed by atoms with Crippen LogP contribution in [0.4, 0.5) is 0 Å². The molecule has 1 aromatic carbocycles. The van der Waals surface area contributed by atoms with Crippen molar-refractivity contribution >= 4 is 29.6 Å². The van der Waals surface area contributed by atoms with Crippen LogP contribution in [0.1, 0.15) is 12.0 Å². The topological polar surface area (TPSA) is 70.0 Å². The fraction of sp³-hybridized carbons (Fsp3) is 0.312. The van der Waals surface area contributed by atoms with Crippen LogP contribution in [-0.4, -0.2) is 28.1 Å². The van der Waals surface area contributed by atoms with Crippen LogP contribution < -0.4 is 0 Å². The number of phenols is 1. The van der Waals surface area contributed by atoms with E-state index in [1.54, 1.807) is 6.07 Å². The highest BCUT2D eigenvalue weighted by atomic mass is 35.5. The molecular formula is C16H13ClN2O3. The van der Waals surface area contributed by atoms with E-state index in [0.717, 1.165) is 11.4 Å². The number of hydrazone groups is 1. The van der Waals surface area contributed by atoms with Crippen LogP contribution in [0.3, 0.4) is 0 Å². The van der Waals surface area contributed by atoms with Gasteiger partial charge in [0.1, 0.15) is 5.75 Å². The number of fused-ring (bicyclic) bond motifs is 5. The number of hydrogen-bond donors (Lipinski definition) is 1. The van der Waals surface area contributed by atoms with Crippen LogP contribution >= 0.6 is 11.6 Å². The first-order chi connectivity index (χ1) is 10.6.